The molecule has 0 heterocycles. The second-order valence-electron chi connectivity index (χ2n) is 1.21. The van der Waals surface area contributed by atoms with E-state index in [1.54, 1.807) is 13.0 Å². The highest BCUT2D eigenvalue weighted by atomic mass is 16.1. The van der Waals surface area contributed by atoms with E-state index < -0.39 is 0 Å². The topological polar surface area (TPSA) is 29.1 Å². The lowest BCUT2D eigenvalue weighted by atomic mass is 10.4. The molecule has 2 heteroatoms. The van der Waals surface area contributed by atoms with E-state index in [0.29, 0.717) is 5.70 Å². The number of allylic oxidation sites excluding steroid dienone is 2. The third-order valence-corrected chi connectivity index (χ3v) is 0.707. The van der Waals surface area contributed by atoms with Crippen LogP contribution in [0.2, 0.25) is 0 Å². The summed E-state index contributed by atoms with van der Waals surface area (Å²) in [5.74, 6) is 0. The molecule has 0 aliphatic rings. The van der Waals surface area contributed by atoms with Crippen molar-refractivity contribution in [3.63, 3.8) is 0 Å². The molecule has 0 saturated carbocycles. The first-order valence-electron chi connectivity index (χ1n) is 2.34. The van der Waals surface area contributed by atoms with E-state index in [4.69, 9.17) is 0 Å². The highest BCUT2D eigenvalue weighted by Gasteiger charge is 1.82. The number of rotatable bonds is 3. The number of carbonyl (C=O) groups excluding carboxylic acids is 1. The van der Waals surface area contributed by atoms with Gasteiger partial charge in [0.05, 0.1) is 5.70 Å². The van der Waals surface area contributed by atoms with Crippen molar-refractivity contribution in [1.82, 2.24) is 5.32 Å². The molecular formula is C6H9NO. The molecule has 0 radical (unpaired) electrons. The molecule has 0 fully saturated rings. The first kappa shape index (κ1) is 6.95. The number of hydrogen-bond acceptors (Lipinski definition) is 2. The Balaban J connectivity index is 3.71. The lowest BCUT2D eigenvalue weighted by Crippen LogP contribution is -2.03. The number of carbonyl (C=O) groups is 1. The Bertz CT molecular complexity index is 116. The molecule has 0 saturated heterocycles. The zero-order valence-electron chi connectivity index (χ0n) is 4.85. The maximum Gasteiger partial charge on any atom is 0.165 e. The van der Waals surface area contributed by atoms with Gasteiger partial charge in [0.1, 0.15) is 0 Å². The maximum absolute atomic E-state index is 9.95. The van der Waals surface area contributed by atoms with E-state index in [0.717, 1.165) is 6.29 Å². The smallest absolute Gasteiger partial charge is 0.165 e. The van der Waals surface area contributed by atoms with Crippen LogP contribution in [0.5, 0.6) is 0 Å². The molecule has 0 atom stereocenters. The third kappa shape index (κ3) is 2.18. The highest BCUT2D eigenvalue weighted by Crippen LogP contribution is 1.78. The van der Waals surface area contributed by atoms with Gasteiger partial charge in [0.2, 0.25) is 0 Å². The van der Waals surface area contributed by atoms with E-state index in [1.165, 1.54) is 6.20 Å². The summed E-state index contributed by atoms with van der Waals surface area (Å²) < 4.78 is 0. The molecule has 44 valence electrons. The molecule has 8 heavy (non-hydrogen) atoms. The van der Waals surface area contributed by atoms with Gasteiger partial charge >= 0.3 is 0 Å². The minimum absolute atomic E-state index is 0.542. The normalized spacial score (nSPS) is 10.4. The lowest BCUT2D eigenvalue weighted by Gasteiger charge is -1.92. The Labute approximate surface area is 48.9 Å². The predicted octanol–water partition coefficient (Wildman–Crippen LogP) is 0.822. The van der Waals surface area contributed by atoms with Crippen molar-refractivity contribution in [2.24, 2.45) is 0 Å². The van der Waals surface area contributed by atoms with E-state index in [9.17, 15) is 4.79 Å². The van der Waals surface area contributed by atoms with Gasteiger partial charge < -0.3 is 5.32 Å². The standard InChI is InChI=1S/C6H9NO/c1-3-6(5-8)7-4-2/h3-5,7H,2H2,1H3/b6-3-. The first-order chi connectivity index (χ1) is 3.85. The SMILES string of the molecule is C=CN/C(C=O)=C\C. The first-order valence-corrected chi connectivity index (χ1v) is 2.34. The summed E-state index contributed by atoms with van der Waals surface area (Å²) in [4.78, 5) is 9.95. The van der Waals surface area contributed by atoms with E-state index in [1.807, 2.05) is 0 Å². The van der Waals surface area contributed by atoms with Crippen molar-refractivity contribution in [3.8, 4) is 0 Å². The van der Waals surface area contributed by atoms with Crippen molar-refractivity contribution in [3.05, 3.63) is 24.6 Å². The van der Waals surface area contributed by atoms with Crippen LogP contribution in [0.25, 0.3) is 0 Å². The fourth-order valence-electron chi connectivity index (χ4n) is 0.303. The van der Waals surface area contributed by atoms with Crippen molar-refractivity contribution >= 4 is 6.29 Å². The van der Waals surface area contributed by atoms with Crippen molar-refractivity contribution in [1.29, 1.82) is 0 Å². The van der Waals surface area contributed by atoms with Gasteiger partial charge in [-0.2, -0.15) is 0 Å². The second-order valence-corrected chi connectivity index (χ2v) is 1.21. The third-order valence-electron chi connectivity index (χ3n) is 0.707. The zero-order valence-corrected chi connectivity index (χ0v) is 4.85. The van der Waals surface area contributed by atoms with Gasteiger partial charge in [-0.05, 0) is 13.1 Å². The summed E-state index contributed by atoms with van der Waals surface area (Å²) >= 11 is 0. The molecular weight excluding hydrogens is 102 g/mol. The van der Waals surface area contributed by atoms with Crippen LogP contribution in [-0.4, -0.2) is 6.29 Å². The molecule has 0 amide bonds. The quantitative estimate of drug-likeness (QED) is 0.431. The van der Waals surface area contributed by atoms with Crippen LogP contribution in [0.4, 0.5) is 0 Å². The molecule has 0 aromatic heterocycles. The van der Waals surface area contributed by atoms with Crippen LogP contribution < -0.4 is 5.32 Å². The van der Waals surface area contributed by atoms with Crippen molar-refractivity contribution in [2.75, 3.05) is 0 Å². The Morgan fingerprint density at radius 1 is 1.75 bits per heavy atom. The molecule has 0 spiro atoms. The summed E-state index contributed by atoms with van der Waals surface area (Å²) in [6.07, 6.45) is 3.88. The molecule has 2 nitrogen and oxygen atoms in total. The largest absolute Gasteiger partial charge is 0.360 e. The van der Waals surface area contributed by atoms with E-state index >= 15 is 0 Å². The molecule has 0 aliphatic heterocycles. The van der Waals surface area contributed by atoms with Gasteiger partial charge in [-0.3, -0.25) is 4.79 Å². The average Bonchev–Trinajstić information content (AvgIpc) is 1.83. The molecule has 0 unspecified atom stereocenters. The van der Waals surface area contributed by atoms with Crippen LogP contribution >= 0.6 is 0 Å². The van der Waals surface area contributed by atoms with E-state index in [2.05, 4.69) is 11.9 Å². The Hall–Kier alpha value is -1.05. The van der Waals surface area contributed by atoms with Crippen LogP contribution in [0.15, 0.2) is 24.6 Å². The Morgan fingerprint density at radius 3 is 2.50 bits per heavy atom. The minimum Gasteiger partial charge on any atom is -0.360 e. The molecule has 1 N–H and O–H groups in total. The fraction of sp³-hybridized carbons (Fsp3) is 0.167. The van der Waals surface area contributed by atoms with E-state index in [-0.39, 0.29) is 0 Å². The summed E-state index contributed by atoms with van der Waals surface area (Å²) in [5.41, 5.74) is 0.542. The van der Waals surface area contributed by atoms with Gasteiger partial charge in [0.25, 0.3) is 0 Å². The zero-order chi connectivity index (χ0) is 6.41. The number of hydrogen-bond donors (Lipinski definition) is 1. The highest BCUT2D eigenvalue weighted by molar-refractivity contribution is 5.72. The van der Waals surface area contributed by atoms with Crippen LogP contribution in [0.3, 0.4) is 0 Å². The lowest BCUT2D eigenvalue weighted by molar-refractivity contribution is -0.105. The minimum atomic E-state index is 0.542. The molecule has 0 aliphatic carbocycles. The van der Waals surface area contributed by atoms with Gasteiger partial charge in [0.15, 0.2) is 6.29 Å². The predicted molar refractivity (Wildman–Crippen MR) is 33.2 cm³/mol. The Morgan fingerprint density at radius 2 is 2.38 bits per heavy atom. The maximum atomic E-state index is 9.95. The molecule has 0 rings (SSSR count). The molecule has 0 bridgehead atoms. The number of aldehydes is 1. The second kappa shape index (κ2) is 4.12. The summed E-state index contributed by atoms with van der Waals surface area (Å²) in [6.45, 7) is 5.16. The number of nitrogens with one attached hydrogen (secondary N) is 1. The van der Waals surface area contributed by atoms with Crippen molar-refractivity contribution < 1.29 is 4.79 Å². The summed E-state index contributed by atoms with van der Waals surface area (Å²) in [5, 5.41) is 2.64. The van der Waals surface area contributed by atoms with Gasteiger partial charge in [-0.25, -0.2) is 0 Å². The molecule has 0 aromatic rings. The van der Waals surface area contributed by atoms with Crippen LogP contribution in [0.1, 0.15) is 6.92 Å². The van der Waals surface area contributed by atoms with Gasteiger partial charge in [0, 0.05) is 0 Å². The van der Waals surface area contributed by atoms with Crippen molar-refractivity contribution in [2.45, 2.75) is 6.92 Å². The van der Waals surface area contributed by atoms with Gasteiger partial charge in [-0.15, -0.1) is 0 Å². The van der Waals surface area contributed by atoms with Crippen LogP contribution in [0, 0.1) is 0 Å². The molecule has 0 aromatic carbocycles. The summed E-state index contributed by atoms with van der Waals surface area (Å²) in [7, 11) is 0. The fourth-order valence-corrected chi connectivity index (χ4v) is 0.303. The summed E-state index contributed by atoms with van der Waals surface area (Å²) in [6, 6.07) is 0. The average molecular weight is 111 g/mol. The monoisotopic (exact) mass is 111 g/mol. The van der Waals surface area contributed by atoms with Crippen LogP contribution in [-0.2, 0) is 4.79 Å². The Kier molecular flexibility index (Phi) is 3.58. The van der Waals surface area contributed by atoms with Gasteiger partial charge in [-0.1, -0.05) is 12.7 Å².